The molecule has 182 valence electrons. The monoisotopic (exact) mass is 598 g/mol. The SMILES string of the molecule is COc1cc(/C=C2\N=C(c3ccc([N+](=O)[O-])c(C)c3)OC2=O)cc(I)c1OC(=O)c1cccc(C)c1. The van der Waals surface area contributed by atoms with Crippen molar-refractivity contribution >= 4 is 52.2 Å². The van der Waals surface area contributed by atoms with Gasteiger partial charge in [0.05, 0.1) is 21.2 Å². The van der Waals surface area contributed by atoms with Crippen LogP contribution in [0.4, 0.5) is 5.69 Å². The lowest BCUT2D eigenvalue weighted by atomic mass is 10.1. The molecule has 10 heteroatoms. The molecular formula is C26H19IN2O7. The summed E-state index contributed by atoms with van der Waals surface area (Å²) in [5.74, 6) is -0.574. The first kappa shape index (κ1) is 25.0. The lowest BCUT2D eigenvalue weighted by molar-refractivity contribution is -0.385. The van der Waals surface area contributed by atoms with Crippen molar-refractivity contribution in [3.05, 3.63) is 102 Å². The van der Waals surface area contributed by atoms with Crippen molar-refractivity contribution in [2.45, 2.75) is 13.8 Å². The van der Waals surface area contributed by atoms with Gasteiger partial charge in [-0.25, -0.2) is 14.6 Å². The minimum Gasteiger partial charge on any atom is -0.493 e. The average molecular weight is 598 g/mol. The van der Waals surface area contributed by atoms with E-state index in [2.05, 4.69) is 4.99 Å². The minimum absolute atomic E-state index is 0.0377. The molecule has 0 unspecified atom stereocenters. The van der Waals surface area contributed by atoms with Crippen molar-refractivity contribution in [1.29, 1.82) is 0 Å². The van der Waals surface area contributed by atoms with Crippen LogP contribution in [0.15, 0.2) is 65.3 Å². The standard InChI is InChI=1S/C26H19IN2O7/c1-14-5-4-6-18(9-14)25(30)35-23-19(27)11-16(13-22(23)34-3)12-20-26(31)36-24(28-20)17-7-8-21(29(32)33)15(2)10-17/h4-13H,1-3H3/b20-12-. The van der Waals surface area contributed by atoms with Gasteiger partial charge in [-0.2, -0.15) is 0 Å². The molecule has 0 aromatic heterocycles. The summed E-state index contributed by atoms with van der Waals surface area (Å²) in [7, 11) is 1.45. The number of nitro benzene ring substituents is 1. The Morgan fingerprint density at radius 3 is 2.58 bits per heavy atom. The second-order valence-electron chi connectivity index (χ2n) is 7.89. The molecule has 3 aromatic rings. The molecule has 0 amide bonds. The Labute approximate surface area is 219 Å². The van der Waals surface area contributed by atoms with Gasteiger partial charge in [0.1, 0.15) is 0 Å². The van der Waals surface area contributed by atoms with Crippen molar-refractivity contribution in [3.63, 3.8) is 0 Å². The van der Waals surface area contributed by atoms with E-state index in [1.807, 2.05) is 35.6 Å². The van der Waals surface area contributed by atoms with E-state index < -0.39 is 16.9 Å². The van der Waals surface area contributed by atoms with Crippen LogP contribution >= 0.6 is 22.6 Å². The second-order valence-corrected chi connectivity index (χ2v) is 9.05. The Kier molecular flexibility index (Phi) is 7.15. The summed E-state index contributed by atoms with van der Waals surface area (Å²) < 4.78 is 16.9. The Balaban J connectivity index is 1.62. The Bertz CT molecular complexity index is 1480. The lowest BCUT2D eigenvalue weighted by Gasteiger charge is -2.12. The molecule has 0 saturated carbocycles. The maximum atomic E-state index is 12.6. The number of benzene rings is 3. The highest BCUT2D eigenvalue weighted by molar-refractivity contribution is 14.1. The molecule has 0 aliphatic carbocycles. The number of nitrogens with zero attached hydrogens (tertiary/aromatic N) is 2. The molecular weight excluding hydrogens is 579 g/mol. The first-order chi connectivity index (χ1) is 17.2. The number of carbonyl (C=O) groups is 2. The van der Waals surface area contributed by atoms with E-state index in [0.717, 1.165) is 5.56 Å². The molecule has 0 saturated heterocycles. The number of aliphatic imine (C=N–C) groups is 1. The van der Waals surface area contributed by atoms with Crippen molar-refractivity contribution in [2.75, 3.05) is 7.11 Å². The predicted molar refractivity (Wildman–Crippen MR) is 140 cm³/mol. The van der Waals surface area contributed by atoms with Crippen molar-refractivity contribution in [1.82, 2.24) is 0 Å². The molecule has 9 nitrogen and oxygen atoms in total. The summed E-state index contributed by atoms with van der Waals surface area (Å²) in [6.07, 6.45) is 1.52. The van der Waals surface area contributed by atoms with Crippen LogP contribution in [-0.2, 0) is 9.53 Å². The van der Waals surface area contributed by atoms with Crippen LogP contribution in [0.3, 0.4) is 0 Å². The van der Waals surface area contributed by atoms with Gasteiger partial charge >= 0.3 is 11.9 Å². The fourth-order valence-electron chi connectivity index (χ4n) is 3.53. The topological polar surface area (TPSA) is 117 Å². The number of carbonyl (C=O) groups excluding carboxylic acids is 2. The number of ether oxygens (including phenoxy) is 3. The largest absolute Gasteiger partial charge is 0.493 e. The number of esters is 2. The van der Waals surface area contributed by atoms with Gasteiger partial charge in [-0.05, 0) is 84.5 Å². The first-order valence-corrected chi connectivity index (χ1v) is 11.7. The number of hydrogen-bond donors (Lipinski definition) is 0. The summed E-state index contributed by atoms with van der Waals surface area (Å²) >= 11 is 2.02. The summed E-state index contributed by atoms with van der Waals surface area (Å²) in [5.41, 5.74) is 2.79. The van der Waals surface area contributed by atoms with Crippen LogP contribution in [0.1, 0.15) is 32.6 Å². The smallest absolute Gasteiger partial charge is 0.363 e. The molecule has 3 aromatic carbocycles. The number of halogens is 1. The molecule has 1 aliphatic rings. The van der Waals surface area contributed by atoms with Gasteiger partial charge in [-0.3, -0.25) is 10.1 Å². The molecule has 0 radical (unpaired) electrons. The lowest BCUT2D eigenvalue weighted by Crippen LogP contribution is -2.10. The van der Waals surface area contributed by atoms with Crippen LogP contribution in [0.25, 0.3) is 6.08 Å². The molecule has 4 rings (SSSR count). The normalized spacial score (nSPS) is 13.8. The number of methoxy groups -OCH3 is 1. The van der Waals surface area contributed by atoms with Crippen LogP contribution in [0, 0.1) is 27.5 Å². The fraction of sp³-hybridized carbons (Fsp3) is 0.115. The third-order valence-corrected chi connectivity index (χ3v) is 6.07. The summed E-state index contributed by atoms with van der Waals surface area (Å²) in [4.78, 5) is 39.9. The van der Waals surface area contributed by atoms with E-state index >= 15 is 0 Å². The Morgan fingerprint density at radius 1 is 1.14 bits per heavy atom. The van der Waals surface area contributed by atoms with Gasteiger partial charge in [0.15, 0.2) is 17.2 Å². The number of rotatable bonds is 6. The molecule has 0 spiro atoms. The van der Waals surface area contributed by atoms with E-state index in [1.165, 1.54) is 31.4 Å². The molecule has 1 aliphatic heterocycles. The van der Waals surface area contributed by atoms with Crippen molar-refractivity contribution in [2.24, 2.45) is 4.99 Å². The fourth-order valence-corrected chi connectivity index (χ4v) is 4.27. The maximum absolute atomic E-state index is 12.6. The average Bonchev–Trinajstić information content (AvgIpc) is 3.20. The van der Waals surface area contributed by atoms with E-state index in [9.17, 15) is 19.7 Å². The molecule has 0 atom stereocenters. The van der Waals surface area contributed by atoms with Crippen molar-refractivity contribution in [3.8, 4) is 11.5 Å². The first-order valence-electron chi connectivity index (χ1n) is 10.6. The Morgan fingerprint density at radius 2 is 1.92 bits per heavy atom. The maximum Gasteiger partial charge on any atom is 0.363 e. The van der Waals surface area contributed by atoms with E-state index in [-0.39, 0.29) is 23.0 Å². The zero-order valence-corrected chi connectivity index (χ0v) is 21.6. The molecule has 36 heavy (non-hydrogen) atoms. The van der Waals surface area contributed by atoms with E-state index in [4.69, 9.17) is 14.2 Å². The van der Waals surface area contributed by atoms with Crippen LogP contribution in [-0.4, -0.2) is 29.9 Å². The molecule has 0 bridgehead atoms. The summed E-state index contributed by atoms with van der Waals surface area (Å²) in [5, 5.41) is 11.1. The number of cyclic esters (lactones) is 1. The highest BCUT2D eigenvalue weighted by atomic mass is 127. The summed E-state index contributed by atoms with van der Waals surface area (Å²) in [6, 6.07) is 14.7. The van der Waals surface area contributed by atoms with Gasteiger partial charge in [-0.1, -0.05) is 17.7 Å². The Hall–Kier alpha value is -4.06. The second kappa shape index (κ2) is 10.3. The highest BCUT2D eigenvalue weighted by Gasteiger charge is 2.26. The van der Waals surface area contributed by atoms with Gasteiger partial charge in [0, 0.05) is 17.2 Å². The third-order valence-electron chi connectivity index (χ3n) is 5.26. The van der Waals surface area contributed by atoms with E-state index in [1.54, 1.807) is 37.3 Å². The van der Waals surface area contributed by atoms with Crippen LogP contribution in [0.2, 0.25) is 0 Å². The highest BCUT2D eigenvalue weighted by Crippen LogP contribution is 2.36. The van der Waals surface area contributed by atoms with Crippen molar-refractivity contribution < 1.29 is 28.7 Å². The zero-order chi connectivity index (χ0) is 26.0. The molecule has 1 heterocycles. The molecule has 0 N–H and O–H groups in total. The third kappa shape index (κ3) is 5.28. The van der Waals surface area contributed by atoms with Gasteiger partial charge in [0.2, 0.25) is 5.90 Å². The minimum atomic E-state index is -0.662. The van der Waals surface area contributed by atoms with Gasteiger partial charge < -0.3 is 14.2 Å². The van der Waals surface area contributed by atoms with Crippen LogP contribution in [0.5, 0.6) is 11.5 Å². The number of hydrogen-bond acceptors (Lipinski definition) is 8. The number of nitro groups is 1. The quantitative estimate of drug-likeness (QED) is 0.0933. The summed E-state index contributed by atoms with van der Waals surface area (Å²) in [6.45, 7) is 3.48. The van der Waals surface area contributed by atoms with Gasteiger partial charge in [-0.15, -0.1) is 0 Å². The van der Waals surface area contributed by atoms with Crippen LogP contribution < -0.4 is 9.47 Å². The predicted octanol–water partition coefficient (Wildman–Crippen LogP) is 5.39. The van der Waals surface area contributed by atoms with Gasteiger partial charge in [0.25, 0.3) is 5.69 Å². The molecule has 0 fully saturated rings. The zero-order valence-electron chi connectivity index (χ0n) is 19.4. The van der Waals surface area contributed by atoms with E-state index in [0.29, 0.717) is 31.6 Å². The number of aryl methyl sites for hydroxylation is 2.